The number of hydrogen-bond acceptors (Lipinski definition) is 4. The van der Waals surface area contributed by atoms with Gasteiger partial charge >= 0.3 is 0 Å². The Hall–Kier alpha value is -3.21. The average molecular weight is 542 g/mol. The van der Waals surface area contributed by atoms with Crippen LogP contribution in [0.4, 0.5) is 0 Å². The molecule has 2 N–H and O–H groups in total. The Morgan fingerprint density at radius 2 is 1.97 bits per heavy atom. The van der Waals surface area contributed by atoms with E-state index in [1.807, 2.05) is 55.8 Å². The van der Waals surface area contributed by atoms with Gasteiger partial charge in [0.15, 0.2) is 11.8 Å². The van der Waals surface area contributed by atoms with Crippen LogP contribution in [-0.4, -0.2) is 49.2 Å². The first-order valence-electron chi connectivity index (χ1n) is 10.3. The van der Waals surface area contributed by atoms with Crippen molar-refractivity contribution in [2.45, 2.75) is 20.0 Å². The van der Waals surface area contributed by atoms with E-state index in [2.05, 4.69) is 49.3 Å². The summed E-state index contributed by atoms with van der Waals surface area (Å²) in [6.07, 6.45) is 7.27. The van der Waals surface area contributed by atoms with Crippen LogP contribution >= 0.6 is 24.0 Å². The number of hydrogen-bond donors (Lipinski definition) is 2. The van der Waals surface area contributed by atoms with Crippen LogP contribution in [0, 0.1) is 0 Å². The normalized spacial score (nSPS) is 11.1. The van der Waals surface area contributed by atoms with E-state index in [9.17, 15) is 0 Å². The molecule has 0 bridgehead atoms. The summed E-state index contributed by atoms with van der Waals surface area (Å²) in [6.45, 7) is 4.00. The van der Waals surface area contributed by atoms with E-state index in [0.717, 1.165) is 41.0 Å². The second-order valence-electron chi connectivity index (χ2n) is 7.11. The Balaban J connectivity index is 0.00000289. The molecule has 0 spiro atoms. The smallest absolute Gasteiger partial charge is 0.194 e. The van der Waals surface area contributed by atoms with E-state index in [1.165, 1.54) is 0 Å². The van der Waals surface area contributed by atoms with E-state index in [1.54, 1.807) is 17.1 Å². The third kappa shape index (κ3) is 5.94. The minimum Gasteiger partial charge on any atom is -0.357 e. The molecule has 3 heterocycles. The predicted molar refractivity (Wildman–Crippen MR) is 137 cm³/mol. The summed E-state index contributed by atoms with van der Waals surface area (Å²) < 4.78 is 1.74. The highest BCUT2D eigenvalue weighted by molar-refractivity contribution is 14.0. The van der Waals surface area contributed by atoms with Gasteiger partial charge in [0.1, 0.15) is 5.82 Å². The molecular weight excluding hydrogens is 515 g/mol. The summed E-state index contributed by atoms with van der Waals surface area (Å²) in [7, 11) is 2.01. The molecule has 0 aliphatic rings. The third-order valence-electron chi connectivity index (χ3n) is 4.76. The van der Waals surface area contributed by atoms with Crippen molar-refractivity contribution in [1.29, 1.82) is 0 Å². The molecule has 4 rings (SSSR count). The molecule has 0 fully saturated rings. The number of pyridine rings is 1. The molecule has 0 saturated carbocycles. The van der Waals surface area contributed by atoms with Crippen LogP contribution in [0.25, 0.3) is 17.1 Å². The molecule has 0 aliphatic carbocycles. The molecule has 0 radical (unpaired) electrons. The van der Waals surface area contributed by atoms with Crippen LogP contribution in [0.5, 0.6) is 0 Å². The van der Waals surface area contributed by atoms with Crippen LogP contribution < -0.4 is 5.32 Å². The highest BCUT2D eigenvalue weighted by atomic mass is 127. The minimum absolute atomic E-state index is 0. The lowest BCUT2D eigenvalue weighted by molar-refractivity contribution is 0.464. The zero-order valence-electron chi connectivity index (χ0n) is 18.1. The molecular formula is C23H27IN8. The highest BCUT2D eigenvalue weighted by Crippen LogP contribution is 2.16. The van der Waals surface area contributed by atoms with Gasteiger partial charge in [-0.25, -0.2) is 19.6 Å². The summed E-state index contributed by atoms with van der Waals surface area (Å²) in [5.41, 5.74) is 3.19. The molecule has 166 valence electrons. The number of H-pyrrole nitrogens is 1. The largest absolute Gasteiger partial charge is 0.357 e. The maximum Gasteiger partial charge on any atom is 0.194 e. The lowest BCUT2D eigenvalue weighted by Crippen LogP contribution is -2.38. The number of aliphatic imine (C=N–C) groups is 1. The van der Waals surface area contributed by atoms with E-state index >= 15 is 0 Å². The van der Waals surface area contributed by atoms with Gasteiger partial charge in [-0.2, -0.15) is 5.10 Å². The summed E-state index contributed by atoms with van der Waals surface area (Å²) in [4.78, 5) is 19.2. The standard InChI is InChI=1S/C23H26N8.HI/c1-3-24-23(27-15-18-10-12-25-22(14-18)31-13-7-11-28-31)30(2)17-21-26-16-20(29-21)19-8-5-4-6-9-19;/h4-14,16H,3,15,17H2,1-2H3,(H,24,27)(H,26,29);1H. The fraction of sp³-hybridized carbons (Fsp3) is 0.217. The van der Waals surface area contributed by atoms with Gasteiger partial charge in [0.05, 0.1) is 25.0 Å². The van der Waals surface area contributed by atoms with Crippen LogP contribution in [0.2, 0.25) is 0 Å². The van der Waals surface area contributed by atoms with Crippen molar-refractivity contribution in [2.24, 2.45) is 4.99 Å². The van der Waals surface area contributed by atoms with Crippen LogP contribution in [-0.2, 0) is 13.1 Å². The van der Waals surface area contributed by atoms with E-state index in [4.69, 9.17) is 4.99 Å². The number of nitrogens with zero attached hydrogens (tertiary/aromatic N) is 6. The Morgan fingerprint density at radius 3 is 2.72 bits per heavy atom. The Morgan fingerprint density at radius 1 is 1.12 bits per heavy atom. The van der Waals surface area contributed by atoms with Crippen molar-refractivity contribution >= 4 is 29.9 Å². The topological polar surface area (TPSA) is 87.0 Å². The zero-order chi connectivity index (χ0) is 21.5. The maximum absolute atomic E-state index is 4.80. The summed E-state index contributed by atoms with van der Waals surface area (Å²) in [5, 5.41) is 7.59. The number of halogens is 1. The van der Waals surface area contributed by atoms with Gasteiger partial charge in [0.2, 0.25) is 0 Å². The fourth-order valence-corrected chi connectivity index (χ4v) is 3.23. The minimum atomic E-state index is 0. The van der Waals surface area contributed by atoms with Crippen molar-refractivity contribution in [3.8, 4) is 17.1 Å². The van der Waals surface area contributed by atoms with Crippen molar-refractivity contribution in [3.63, 3.8) is 0 Å². The second kappa shape index (κ2) is 11.4. The molecule has 0 unspecified atom stereocenters. The number of benzene rings is 1. The molecule has 0 saturated heterocycles. The van der Waals surface area contributed by atoms with E-state index in [0.29, 0.717) is 13.1 Å². The predicted octanol–water partition coefficient (Wildman–Crippen LogP) is 3.87. The lowest BCUT2D eigenvalue weighted by Gasteiger charge is -2.21. The molecule has 32 heavy (non-hydrogen) atoms. The van der Waals surface area contributed by atoms with Gasteiger partial charge < -0.3 is 15.2 Å². The number of aromatic amines is 1. The van der Waals surface area contributed by atoms with Crippen LogP contribution in [0.3, 0.4) is 0 Å². The van der Waals surface area contributed by atoms with Crippen molar-refractivity contribution in [1.82, 2.24) is 34.9 Å². The van der Waals surface area contributed by atoms with Gasteiger partial charge in [-0.15, -0.1) is 24.0 Å². The SMILES string of the molecule is CCNC(=NCc1ccnc(-n2cccn2)c1)N(C)Cc1ncc(-c2ccccc2)[nH]1.I. The van der Waals surface area contributed by atoms with Gasteiger partial charge in [-0.3, -0.25) is 0 Å². The second-order valence-corrected chi connectivity index (χ2v) is 7.11. The number of nitrogens with one attached hydrogen (secondary N) is 2. The molecule has 0 amide bonds. The average Bonchev–Trinajstić information content (AvgIpc) is 3.50. The fourth-order valence-electron chi connectivity index (χ4n) is 3.23. The summed E-state index contributed by atoms with van der Waals surface area (Å²) in [5.74, 6) is 2.48. The maximum atomic E-state index is 4.80. The van der Waals surface area contributed by atoms with E-state index in [-0.39, 0.29) is 24.0 Å². The van der Waals surface area contributed by atoms with Crippen molar-refractivity contribution < 1.29 is 0 Å². The molecule has 0 atom stereocenters. The molecule has 1 aromatic carbocycles. The number of aromatic nitrogens is 5. The first-order valence-corrected chi connectivity index (χ1v) is 10.3. The van der Waals surface area contributed by atoms with Crippen LogP contribution in [0.15, 0.2) is 78.3 Å². The molecule has 8 nitrogen and oxygen atoms in total. The van der Waals surface area contributed by atoms with E-state index < -0.39 is 0 Å². The van der Waals surface area contributed by atoms with Crippen LogP contribution in [0.1, 0.15) is 18.3 Å². The Labute approximate surface area is 204 Å². The molecule has 9 heteroatoms. The molecule has 4 aromatic rings. The van der Waals surface area contributed by atoms with Crippen molar-refractivity contribution in [3.05, 3.63) is 84.7 Å². The van der Waals surface area contributed by atoms with Gasteiger partial charge in [0.25, 0.3) is 0 Å². The monoisotopic (exact) mass is 542 g/mol. The summed E-state index contributed by atoms with van der Waals surface area (Å²) in [6, 6.07) is 16.0. The number of guanidine groups is 1. The first-order chi connectivity index (χ1) is 15.2. The Kier molecular flexibility index (Phi) is 8.37. The highest BCUT2D eigenvalue weighted by Gasteiger charge is 2.10. The lowest BCUT2D eigenvalue weighted by atomic mass is 10.2. The van der Waals surface area contributed by atoms with Crippen molar-refractivity contribution in [2.75, 3.05) is 13.6 Å². The number of rotatable bonds is 7. The van der Waals surface area contributed by atoms with Gasteiger partial charge in [-0.1, -0.05) is 30.3 Å². The summed E-state index contributed by atoms with van der Waals surface area (Å²) >= 11 is 0. The third-order valence-corrected chi connectivity index (χ3v) is 4.76. The molecule has 3 aromatic heterocycles. The first kappa shape index (κ1) is 23.5. The van der Waals surface area contributed by atoms with Gasteiger partial charge in [0, 0.05) is 32.2 Å². The quantitative estimate of drug-likeness (QED) is 0.210. The molecule has 0 aliphatic heterocycles. The zero-order valence-corrected chi connectivity index (χ0v) is 20.5. The number of imidazole rings is 1. The Bertz CT molecular complexity index is 1120. The van der Waals surface area contributed by atoms with Gasteiger partial charge in [-0.05, 0) is 36.2 Å².